The number of hydrogen-bond acceptors (Lipinski definition) is 3. The number of benzene rings is 2. The maximum absolute atomic E-state index is 5.59. The van der Waals surface area contributed by atoms with Gasteiger partial charge in [0.15, 0.2) is 5.11 Å². The smallest absolute Gasteiger partial charge is 0.170 e. The topological polar surface area (TPSA) is 33.3 Å². The van der Waals surface area contributed by atoms with E-state index in [0.717, 1.165) is 29.5 Å². The van der Waals surface area contributed by atoms with Crippen LogP contribution in [0.25, 0.3) is 0 Å². The average Bonchev–Trinajstić information content (AvgIpc) is 2.58. The molecule has 2 aromatic rings. The third kappa shape index (κ3) is 6.06. The first kappa shape index (κ1) is 18.6. The molecule has 2 N–H and O–H groups in total. The number of thiocarbonyl (C=S) groups is 1. The molecule has 128 valence electrons. The average molecular weight is 361 g/mol. The van der Waals surface area contributed by atoms with Gasteiger partial charge in [-0.3, -0.25) is 0 Å². The van der Waals surface area contributed by atoms with Crippen molar-refractivity contribution in [2.45, 2.75) is 19.6 Å². The minimum Gasteiger partial charge on any atom is -0.492 e. The molecule has 0 unspecified atom stereocenters. The van der Waals surface area contributed by atoms with Gasteiger partial charge in [0.05, 0.1) is 12.3 Å². The summed E-state index contributed by atoms with van der Waals surface area (Å²) in [5, 5.41) is 7.07. The summed E-state index contributed by atoms with van der Waals surface area (Å²) in [6.07, 6.45) is 0. The Morgan fingerprint density at radius 1 is 1.12 bits per heavy atom. The van der Waals surface area contributed by atoms with Gasteiger partial charge in [0.1, 0.15) is 5.75 Å². The lowest BCUT2D eigenvalue weighted by Crippen LogP contribution is -2.30. The van der Waals surface area contributed by atoms with Gasteiger partial charge in [-0.05, 0) is 49.3 Å². The first-order valence-corrected chi connectivity index (χ1v) is 9.66. The Kier molecular flexibility index (Phi) is 7.92. The van der Waals surface area contributed by atoms with Crippen LogP contribution >= 0.6 is 24.0 Å². The van der Waals surface area contributed by atoms with Crippen molar-refractivity contribution < 1.29 is 4.74 Å². The molecule has 0 saturated heterocycles. The summed E-state index contributed by atoms with van der Waals surface area (Å²) in [4.78, 5) is 0. The number of anilines is 1. The van der Waals surface area contributed by atoms with Gasteiger partial charge in [-0.15, -0.1) is 0 Å². The molecule has 0 aliphatic rings. The Morgan fingerprint density at radius 3 is 2.67 bits per heavy atom. The number of ether oxygens (including phenoxy) is 1. The molecule has 0 atom stereocenters. The molecule has 0 radical (unpaired) electrons. The van der Waals surface area contributed by atoms with Gasteiger partial charge < -0.3 is 15.4 Å². The van der Waals surface area contributed by atoms with Crippen molar-refractivity contribution in [2.75, 3.05) is 24.2 Å². The van der Waals surface area contributed by atoms with E-state index in [1.165, 1.54) is 11.1 Å². The largest absolute Gasteiger partial charge is 0.492 e. The third-order valence-electron chi connectivity index (χ3n) is 3.49. The van der Waals surface area contributed by atoms with Gasteiger partial charge in [-0.2, -0.15) is 11.8 Å². The highest BCUT2D eigenvalue weighted by Gasteiger charge is 2.04. The summed E-state index contributed by atoms with van der Waals surface area (Å²) in [5.41, 5.74) is 3.64. The molecule has 0 saturated carbocycles. The molecule has 0 fully saturated rings. The van der Waals surface area contributed by atoms with E-state index in [0.29, 0.717) is 11.7 Å². The highest BCUT2D eigenvalue weighted by molar-refractivity contribution is 7.98. The molecule has 0 heterocycles. The van der Waals surface area contributed by atoms with Crippen LogP contribution in [0.1, 0.15) is 18.1 Å². The SMILES string of the molecule is CCOc1ccccc1NC(=S)NCCSCc1ccccc1C. The first-order valence-electron chi connectivity index (χ1n) is 8.09. The summed E-state index contributed by atoms with van der Waals surface area (Å²) < 4.78 is 5.59. The van der Waals surface area contributed by atoms with E-state index in [1.54, 1.807) is 0 Å². The van der Waals surface area contributed by atoms with Crippen molar-refractivity contribution >= 4 is 34.8 Å². The fourth-order valence-electron chi connectivity index (χ4n) is 2.21. The summed E-state index contributed by atoms with van der Waals surface area (Å²) in [7, 11) is 0. The van der Waals surface area contributed by atoms with Gasteiger partial charge in [0.25, 0.3) is 0 Å². The normalized spacial score (nSPS) is 10.2. The molecule has 2 rings (SSSR count). The van der Waals surface area contributed by atoms with Crippen molar-refractivity contribution in [2.24, 2.45) is 0 Å². The van der Waals surface area contributed by atoms with Crippen LogP contribution in [0, 0.1) is 6.92 Å². The minimum atomic E-state index is 0.624. The van der Waals surface area contributed by atoms with Gasteiger partial charge in [0.2, 0.25) is 0 Å². The molecule has 3 nitrogen and oxygen atoms in total. The van der Waals surface area contributed by atoms with E-state index in [2.05, 4.69) is 41.8 Å². The Balaban J connectivity index is 1.69. The number of hydrogen-bond donors (Lipinski definition) is 2. The number of nitrogens with one attached hydrogen (secondary N) is 2. The second kappa shape index (κ2) is 10.2. The molecule has 0 bridgehead atoms. The predicted molar refractivity (Wildman–Crippen MR) is 109 cm³/mol. The molecule has 5 heteroatoms. The van der Waals surface area contributed by atoms with Crippen molar-refractivity contribution in [3.8, 4) is 5.75 Å². The lowest BCUT2D eigenvalue weighted by atomic mass is 10.1. The predicted octanol–water partition coefficient (Wildman–Crippen LogP) is 4.61. The molecule has 0 aliphatic heterocycles. The van der Waals surface area contributed by atoms with E-state index in [1.807, 2.05) is 43.0 Å². The van der Waals surface area contributed by atoms with Crippen molar-refractivity contribution in [1.82, 2.24) is 5.32 Å². The Bertz CT molecular complexity index is 661. The second-order valence-corrected chi connectivity index (χ2v) is 6.80. The van der Waals surface area contributed by atoms with E-state index >= 15 is 0 Å². The van der Waals surface area contributed by atoms with Gasteiger partial charge in [-0.1, -0.05) is 36.4 Å². The van der Waals surface area contributed by atoms with Crippen LogP contribution < -0.4 is 15.4 Å². The molecular weight excluding hydrogens is 336 g/mol. The van der Waals surface area contributed by atoms with Crippen molar-refractivity contribution in [3.05, 3.63) is 59.7 Å². The maximum Gasteiger partial charge on any atom is 0.170 e. The van der Waals surface area contributed by atoms with Crippen LogP contribution in [-0.2, 0) is 5.75 Å². The fourth-order valence-corrected chi connectivity index (χ4v) is 3.36. The number of para-hydroxylation sites is 2. The molecule has 2 aromatic carbocycles. The van der Waals surface area contributed by atoms with Crippen molar-refractivity contribution in [1.29, 1.82) is 0 Å². The van der Waals surface area contributed by atoms with Crippen LogP contribution in [0.15, 0.2) is 48.5 Å². The lowest BCUT2D eigenvalue weighted by Gasteiger charge is -2.14. The molecule has 0 amide bonds. The molecule has 0 aliphatic carbocycles. The van der Waals surface area contributed by atoms with E-state index in [9.17, 15) is 0 Å². The highest BCUT2D eigenvalue weighted by Crippen LogP contribution is 2.23. The summed E-state index contributed by atoms with van der Waals surface area (Å²) in [6.45, 7) is 5.59. The third-order valence-corrected chi connectivity index (χ3v) is 4.74. The number of aryl methyl sites for hydroxylation is 1. The molecule has 0 aromatic heterocycles. The van der Waals surface area contributed by atoms with Gasteiger partial charge in [0, 0.05) is 18.1 Å². The van der Waals surface area contributed by atoms with Crippen LogP contribution in [0.3, 0.4) is 0 Å². The molecular formula is C19H24N2OS2. The summed E-state index contributed by atoms with van der Waals surface area (Å²) in [6, 6.07) is 16.3. The summed E-state index contributed by atoms with van der Waals surface area (Å²) >= 11 is 7.26. The van der Waals surface area contributed by atoms with Crippen LogP contribution in [-0.4, -0.2) is 24.0 Å². The number of rotatable bonds is 8. The maximum atomic E-state index is 5.59. The zero-order chi connectivity index (χ0) is 17.2. The quantitative estimate of drug-likeness (QED) is 0.530. The van der Waals surface area contributed by atoms with Crippen LogP contribution in [0.5, 0.6) is 5.75 Å². The van der Waals surface area contributed by atoms with E-state index in [4.69, 9.17) is 17.0 Å². The van der Waals surface area contributed by atoms with Gasteiger partial charge >= 0.3 is 0 Å². The lowest BCUT2D eigenvalue weighted by molar-refractivity contribution is 0.342. The Morgan fingerprint density at radius 2 is 1.88 bits per heavy atom. The first-order chi connectivity index (χ1) is 11.7. The minimum absolute atomic E-state index is 0.624. The molecule has 24 heavy (non-hydrogen) atoms. The number of thioether (sulfide) groups is 1. The fraction of sp³-hybridized carbons (Fsp3) is 0.316. The van der Waals surface area contributed by atoms with Crippen LogP contribution in [0.2, 0.25) is 0 Å². The van der Waals surface area contributed by atoms with Crippen molar-refractivity contribution in [3.63, 3.8) is 0 Å². The zero-order valence-corrected chi connectivity index (χ0v) is 15.8. The van der Waals surface area contributed by atoms with E-state index < -0.39 is 0 Å². The standard InChI is InChI=1S/C19H24N2OS2/c1-3-22-18-11-7-6-10-17(18)21-19(23)20-12-13-24-14-16-9-5-4-8-15(16)2/h4-11H,3,12-14H2,1-2H3,(H2,20,21,23). The summed E-state index contributed by atoms with van der Waals surface area (Å²) in [5.74, 6) is 2.85. The Hall–Kier alpha value is -1.72. The zero-order valence-electron chi connectivity index (χ0n) is 14.2. The van der Waals surface area contributed by atoms with E-state index in [-0.39, 0.29) is 0 Å². The monoisotopic (exact) mass is 360 g/mol. The second-order valence-electron chi connectivity index (χ2n) is 5.29. The molecule has 0 spiro atoms. The Labute approximate surface area is 154 Å². The highest BCUT2D eigenvalue weighted by atomic mass is 32.2. The van der Waals surface area contributed by atoms with Crippen LogP contribution in [0.4, 0.5) is 5.69 Å². The van der Waals surface area contributed by atoms with Gasteiger partial charge in [-0.25, -0.2) is 0 Å².